The van der Waals surface area contributed by atoms with E-state index in [9.17, 15) is 4.79 Å². The van der Waals surface area contributed by atoms with E-state index < -0.39 is 0 Å². The van der Waals surface area contributed by atoms with Gasteiger partial charge in [0.25, 0.3) is 5.56 Å². The molecule has 5 heteroatoms. The third-order valence-electron chi connectivity index (χ3n) is 4.10. The average Bonchev–Trinajstić information content (AvgIpc) is 2.85. The normalized spacial score (nSPS) is 20.1. The third kappa shape index (κ3) is 4.14. The highest BCUT2D eigenvalue weighted by molar-refractivity contribution is 5.10. The van der Waals surface area contributed by atoms with E-state index in [-0.39, 0.29) is 11.0 Å². The van der Waals surface area contributed by atoms with E-state index in [1.807, 2.05) is 6.07 Å². The molecule has 0 aromatic carbocycles. The Morgan fingerprint density at radius 2 is 2.14 bits per heavy atom. The van der Waals surface area contributed by atoms with Gasteiger partial charge in [-0.2, -0.15) is 5.10 Å². The number of aromatic nitrogens is 2. The predicted molar refractivity (Wildman–Crippen MR) is 83.7 cm³/mol. The van der Waals surface area contributed by atoms with Crippen molar-refractivity contribution in [3.05, 3.63) is 28.2 Å². The summed E-state index contributed by atoms with van der Waals surface area (Å²) >= 11 is 0. The summed E-state index contributed by atoms with van der Waals surface area (Å²) < 4.78 is 6.80. The fourth-order valence-electron chi connectivity index (χ4n) is 2.78. The van der Waals surface area contributed by atoms with E-state index in [0.717, 1.165) is 31.8 Å². The second kappa shape index (κ2) is 6.71. The van der Waals surface area contributed by atoms with Gasteiger partial charge in [-0.05, 0) is 25.5 Å². The lowest BCUT2D eigenvalue weighted by Crippen LogP contribution is -2.39. The van der Waals surface area contributed by atoms with Crippen molar-refractivity contribution in [3.8, 4) is 0 Å². The molecule has 1 aromatic rings. The quantitative estimate of drug-likeness (QED) is 0.828. The summed E-state index contributed by atoms with van der Waals surface area (Å²) in [5.74, 6) is 0. The van der Waals surface area contributed by atoms with Gasteiger partial charge in [-0.15, -0.1) is 0 Å². The molecular weight excluding hydrogens is 266 g/mol. The zero-order chi connectivity index (χ0) is 15.5. The average molecular weight is 293 g/mol. The summed E-state index contributed by atoms with van der Waals surface area (Å²) in [5.41, 5.74) is 0.908. The minimum absolute atomic E-state index is 0.0124. The molecule has 0 amide bonds. The Hall–Kier alpha value is -1.20. The standard InChI is InChI=1S/C16H27N3O2/c1-16(2,3)14-7-8-15(20)19(17-14)12-13-6-5-9-18(13)10-11-21-4/h7-8,13H,5-6,9-12H2,1-4H3. The molecule has 118 valence electrons. The van der Waals surface area contributed by atoms with Gasteiger partial charge in [0.1, 0.15) is 0 Å². The van der Waals surface area contributed by atoms with Gasteiger partial charge in [0.2, 0.25) is 0 Å². The highest BCUT2D eigenvalue weighted by Gasteiger charge is 2.25. The molecule has 1 aliphatic rings. The predicted octanol–water partition coefficient (Wildman–Crippen LogP) is 1.65. The van der Waals surface area contributed by atoms with Crippen molar-refractivity contribution < 1.29 is 4.74 Å². The molecule has 1 unspecified atom stereocenters. The van der Waals surface area contributed by atoms with E-state index >= 15 is 0 Å². The molecule has 21 heavy (non-hydrogen) atoms. The fourth-order valence-corrected chi connectivity index (χ4v) is 2.78. The first-order chi connectivity index (χ1) is 9.91. The molecule has 5 nitrogen and oxygen atoms in total. The monoisotopic (exact) mass is 293 g/mol. The zero-order valence-corrected chi connectivity index (χ0v) is 13.6. The van der Waals surface area contributed by atoms with E-state index in [1.54, 1.807) is 17.9 Å². The smallest absolute Gasteiger partial charge is 0.266 e. The Balaban J connectivity index is 2.13. The van der Waals surface area contributed by atoms with E-state index in [4.69, 9.17) is 4.74 Å². The number of hydrogen-bond donors (Lipinski definition) is 0. The topological polar surface area (TPSA) is 47.4 Å². The van der Waals surface area contributed by atoms with Crippen LogP contribution in [0.4, 0.5) is 0 Å². The van der Waals surface area contributed by atoms with Gasteiger partial charge >= 0.3 is 0 Å². The van der Waals surface area contributed by atoms with Crippen LogP contribution in [0.25, 0.3) is 0 Å². The number of methoxy groups -OCH3 is 1. The molecule has 1 aromatic heterocycles. The van der Waals surface area contributed by atoms with Gasteiger partial charge in [-0.3, -0.25) is 9.69 Å². The van der Waals surface area contributed by atoms with Gasteiger partial charge < -0.3 is 4.74 Å². The summed E-state index contributed by atoms with van der Waals surface area (Å²) in [6, 6.07) is 3.87. The van der Waals surface area contributed by atoms with Crippen LogP contribution in [0.2, 0.25) is 0 Å². The van der Waals surface area contributed by atoms with Gasteiger partial charge in [-0.1, -0.05) is 20.8 Å². The van der Waals surface area contributed by atoms with Crippen LogP contribution < -0.4 is 5.56 Å². The lowest BCUT2D eigenvalue weighted by Gasteiger charge is -2.25. The first-order valence-corrected chi connectivity index (χ1v) is 7.73. The molecule has 0 N–H and O–H groups in total. The molecule has 1 aliphatic heterocycles. The molecule has 1 fully saturated rings. The van der Waals surface area contributed by atoms with Crippen LogP contribution in [0.1, 0.15) is 39.3 Å². The summed E-state index contributed by atoms with van der Waals surface area (Å²) in [5, 5.41) is 4.57. The van der Waals surface area contributed by atoms with Gasteiger partial charge in [0, 0.05) is 31.2 Å². The van der Waals surface area contributed by atoms with Gasteiger partial charge in [-0.25, -0.2) is 4.68 Å². The summed E-state index contributed by atoms with van der Waals surface area (Å²) in [4.78, 5) is 14.5. The zero-order valence-electron chi connectivity index (χ0n) is 13.6. The lowest BCUT2D eigenvalue weighted by molar-refractivity contribution is 0.133. The molecule has 0 aliphatic carbocycles. The second-order valence-corrected chi connectivity index (χ2v) is 6.81. The minimum Gasteiger partial charge on any atom is -0.383 e. The van der Waals surface area contributed by atoms with Crippen molar-refractivity contribution in [1.82, 2.24) is 14.7 Å². The second-order valence-electron chi connectivity index (χ2n) is 6.81. The SMILES string of the molecule is COCCN1CCCC1Cn1nc(C(C)(C)C)ccc1=O. The maximum atomic E-state index is 12.1. The molecule has 2 heterocycles. The largest absolute Gasteiger partial charge is 0.383 e. The first-order valence-electron chi connectivity index (χ1n) is 7.73. The van der Waals surface area contributed by atoms with Gasteiger partial charge in [0.05, 0.1) is 18.8 Å². The summed E-state index contributed by atoms with van der Waals surface area (Å²) in [6.45, 7) is 9.77. The molecule has 0 saturated carbocycles. The van der Waals surface area contributed by atoms with Crippen LogP contribution in [-0.2, 0) is 16.7 Å². The van der Waals surface area contributed by atoms with Crippen molar-refractivity contribution in [2.24, 2.45) is 0 Å². The highest BCUT2D eigenvalue weighted by Crippen LogP contribution is 2.20. The molecule has 0 bridgehead atoms. The summed E-state index contributed by atoms with van der Waals surface area (Å²) in [7, 11) is 1.73. The van der Waals surface area contributed by atoms with E-state index in [1.165, 1.54) is 6.42 Å². The Labute approximate surface area is 126 Å². The Morgan fingerprint density at radius 3 is 2.81 bits per heavy atom. The Bertz CT molecular complexity index is 519. The maximum absolute atomic E-state index is 12.1. The molecule has 1 atom stereocenters. The van der Waals surface area contributed by atoms with Crippen LogP contribution >= 0.6 is 0 Å². The van der Waals surface area contributed by atoms with Gasteiger partial charge in [0.15, 0.2) is 0 Å². The Morgan fingerprint density at radius 1 is 1.38 bits per heavy atom. The van der Waals surface area contributed by atoms with Crippen molar-refractivity contribution in [1.29, 1.82) is 0 Å². The number of rotatable bonds is 5. The molecular formula is C16H27N3O2. The van der Waals surface area contributed by atoms with Crippen LogP contribution in [-0.4, -0.2) is 47.5 Å². The molecule has 2 rings (SSSR count). The highest BCUT2D eigenvalue weighted by atomic mass is 16.5. The van der Waals surface area contributed by atoms with Crippen molar-refractivity contribution in [2.75, 3.05) is 26.8 Å². The van der Waals surface area contributed by atoms with Crippen molar-refractivity contribution >= 4 is 0 Å². The molecule has 0 spiro atoms. The summed E-state index contributed by atoms with van der Waals surface area (Å²) in [6.07, 6.45) is 2.31. The Kier molecular flexibility index (Phi) is 5.17. The number of nitrogens with zero attached hydrogens (tertiary/aromatic N) is 3. The van der Waals surface area contributed by atoms with Crippen molar-refractivity contribution in [3.63, 3.8) is 0 Å². The minimum atomic E-state index is -0.0408. The lowest BCUT2D eigenvalue weighted by atomic mass is 9.92. The molecule has 1 saturated heterocycles. The van der Waals surface area contributed by atoms with Crippen LogP contribution in [0.5, 0.6) is 0 Å². The number of ether oxygens (including phenoxy) is 1. The molecule has 0 radical (unpaired) electrons. The van der Waals surface area contributed by atoms with E-state index in [2.05, 4.69) is 30.8 Å². The maximum Gasteiger partial charge on any atom is 0.266 e. The number of hydrogen-bond acceptors (Lipinski definition) is 4. The fraction of sp³-hybridized carbons (Fsp3) is 0.750. The van der Waals surface area contributed by atoms with Crippen molar-refractivity contribution in [2.45, 2.75) is 51.6 Å². The van der Waals surface area contributed by atoms with Crippen LogP contribution in [0, 0.1) is 0 Å². The number of likely N-dealkylation sites (tertiary alicyclic amines) is 1. The van der Waals surface area contributed by atoms with E-state index in [0.29, 0.717) is 12.6 Å². The first kappa shape index (κ1) is 16.2. The van der Waals surface area contributed by atoms with Crippen LogP contribution in [0.15, 0.2) is 16.9 Å². The van der Waals surface area contributed by atoms with Crippen LogP contribution in [0.3, 0.4) is 0 Å². The third-order valence-corrected chi connectivity index (χ3v) is 4.10.